The average Bonchev–Trinajstić information content (AvgIpc) is 2.50. The Morgan fingerprint density at radius 1 is 1.23 bits per heavy atom. The first kappa shape index (κ1) is 16.1. The van der Waals surface area contributed by atoms with Gasteiger partial charge in [-0.3, -0.25) is 9.78 Å². The van der Waals surface area contributed by atoms with E-state index in [1.165, 1.54) is 19.3 Å². The van der Waals surface area contributed by atoms with Crippen LogP contribution >= 0.6 is 0 Å². The molecule has 0 radical (unpaired) electrons. The first-order valence-electron chi connectivity index (χ1n) is 6.61. The van der Waals surface area contributed by atoms with E-state index in [0.29, 0.717) is 11.3 Å². The van der Waals surface area contributed by atoms with Gasteiger partial charge in [0.2, 0.25) is 10.0 Å². The molecule has 1 aromatic heterocycles. The molecule has 0 atom stereocenters. The van der Waals surface area contributed by atoms with E-state index in [1.54, 1.807) is 38.2 Å². The van der Waals surface area contributed by atoms with Crippen molar-refractivity contribution in [1.82, 2.24) is 9.71 Å². The highest BCUT2D eigenvalue weighted by Crippen LogP contribution is 2.21. The van der Waals surface area contributed by atoms with E-state index in [4.69, 9.17) is 0 Å². The molecule has 0 aliphatic carbocycles. The van der Waals surface area contributed by atoms with E-state index >= 15 is 0 Å². The number of sulfonamides is 1. The largest absolute Gasteiger partial charge is 0.321 e. The molecule has 0 fully saturated rings. The first-order chi connectivity index (χ1) is 10.3. The molecule has 0 saturated heterocycles. The lowest BCUT2D eigenvalue weighted by Gasteiger charge is -2.12. The van der Waals surface area contributed by atoms with Gasteiger partial charge in [-0.05, 0) is 56.3 Å². The van der Waals surface area contributed by atoms with Crippen LogP contribution in [0.5, 0.6) is 0 Å². The molecule has 0 aliphatic heterocycles. The second-order valence-corrected chi connectivity index (χ2v) is 6.67. The monoisotopic (exact) mass is 319 g/mol. The van der Waals surface area contributed by atoms with Crippen LogP contribution in [0.1, 0.15) is 21.5 Å². The number of pyridine rings is 1. The summed E-state index contributed by atoms with van der Waals surface area (Å²) in [6, 6.07) is 6.44. The fourth-order valence-electron chi connectivity index (χ4n) is 1.99. The van der Waals surface area contributed by atoms with Crippen molar-refractivity contribution in [3.05, 3.63) is 53.3 Å². The van der Waals surface area contributed by atoms with Crippen LogP contribution in [0, 0.1) is 13.8 Å². The van der Waals surface area contributed by atoms with Crippen LogP contribution in [0.4, 0.5) is 5.69 Å². The Morgan fingerprint density at radius 2 is 1.95 bits per heavy atom. The molecule has 2 rings (SSSR count). The summed E-state index contributed by atoms with van der Waals surface area (Å²) in [5.41, 5.74) is 2.17. The zero-order valence-electron chi connectivity index (χ0n) is 12.5. The molecule has 1 heterocycles. The standard InChI is InChI=1S/C15H17N3O3S/c1-10-7-12(8-14(11(10)2)22(20,21)16-3)15(19)18-13-5-4-6-17-9-13/h4-9,16H,1-3H3,(H,18,19). The number of carbonyl (C=O) groups excluding carboxylic acids is 1. The molecule has 2 N–H and O–H groups in total. The quantitative estimate of drug-likeness (QED) is 0.900. The number of benzene rings is 1. The first-order valence-corrected chi connectivity index (χ1v) is 8.09. The summed E-state index contributed by atoms with van der Waals surface area (Å²) in [6.07, 6.45) is 3.12. The predicted molar refractivity (Wildman–Crippen MR) is 84.4 cm³/mol. The van der Waals surface area contributed by atoms with Crippen molar-refractivity contribution in [2.24, 2.45) is 0 Å². The van der Waals surface area contributed by atoms with Gasteiger partial charge in [0, 0.05) is 11.8 Å². The number of nitrogens with one attached hydrogen (secondary N) is 2. The minimum Gasteiger partial charge on any atom is -0.321 e. The minimum atomic E-state index is -3.62. The lowest BCUT2D eigenvalue weighted by Crippen LogP contribution is -2.21. The van der Waals surface area contributed by atoms with Crippen LogP contribution in [0.25, 0.3) is 0 Å². The maximum atomic E-state index is 12.3. The van der Waals surface area contributed by atoms with Crippen LogP contribution in [-0.4, -0.2) is 26.4 Å². The highest BCUT2D eigenvalue weighted by Gasteiger charge is 2.19. The summed E-state index contributed by atoms with van der Waals surface area (Å²) < 4.78 is 26.4. The van der Waals surface area contributed by atoms with E-state index in [1.807, 2.05) is 0 Å². The van der Waals surface area contributed by atoms with Gasteiger partial charge in [-0.25, -0.2) is 13.1 Å². The molecule has 1 amide bonds. The van der Waals surface area contributed by atoms with Crippen molar-refractivity contribution in [1.29, 1.82) is 0 Å². The molecule has 2 aromatic rings. The zero-order valence-corrected chi connectivity index (χ0v) is 13.4. The molecule has 7 heteroatoms. The highest BCUT2D eigenvalue weighted by atomic mass is 32.2. The van der Waals surface area contributed by atoms with E-state index in [9.17, 15) is 13.2 Å². The SMILES string of the molecule is CNS(=O)(=O)c1cc(C(=O)Nc2cccnc2)cc(C)c1C. The molecule has 0 spiro atoms. The van der Waals surface area contributed by atoms with Gasteiger partial charge >= 0.3 is 0 Å². The third kappa shape index (κ3) is 3.32. The maximum Gasteiger partial charge on any atom is 0.255 e. The van der Waals surface area contributed by atoms with Gasteiger partial charge in [0.05, 0.1) is 16.8 Å². The lowest BCUT2D eigenvalue weighted by atomic mass is 10.1. The number of aromatic nitrogens is 1. The Kier molecular flexibility index (Phi) is 4.58. The Bertz CT molecular complexity index is 802. The second kappa shape index (κ2) is 6.25. The van der Waals surface area contributed by atoms with E-state index < -0.39 is 10.0 Å². The fourth-order valence-corrected chi connectivity index (χ4v) is 3.05. The van der Waals surface area contributed by atoms with Crippen molar-refractivity contribution in [3.8, 4) is 0 Å². The van der Waals surface area contributed by atoms with Crippen molar-refractivity contribution < 1.29 is 13.2 Å². The van der Waals surface area contributed by atoms with Crippen LogP contribution in [0.2, 0.25) is 0 Å². The Balaban J connectivity index is 2.42. The van der Waals surface area contributed by atoms with Crippen molar-refractivity contribution in [3.63, 3.8) is 0 Å². The number of carbonyl (C=O) groups is 1. The van der Waals surface area contributed by atoms with Crippen LogP contribution in [0.3, 0.4) is 0 Å². The number of anilines is 1. The molecule has 0 bridgehead atoms. The van der Waals surface area contributed by atoms with E-state index in [2.05, 4.69) is 15.0 Å². The van der Waals surface area contributed by atoms with Gasteiger partial charge < -0.3 is 5.32 Å². The second-order valence-electron chi connectivity index (χ2n) is 4.82. The van der Waals surface area contributed by atoms with Crippen molar-refractivity contribution >= 4 is 21.6 Å². The summed E-state index contributed by atoms with van der Waals surface area (Å²) in [6.45, 7) is 3.48. The normalized spacial score (nSPS) is 11.2. The highest BCUT2D eigenvalue weighted by molar-refractivity contribution is 7.89. The Hall–Kier alpha value is -2.25. The molecule has 6 nitrogen and oxygen atoms in total. The number of aryl methyl sites for hydroxylation is 1. The van der Waals surface area contributed by atoms with Crippen molar-refractivity contribution in [2.75, 3.05) is 12.4 Å². The molecule has 0 aliphatic rings. The van der Waals surface area contributed by atoms with Crippen LogP contribution < -0.4 is 10.0 Å². The van der Waals surface area contributed by atoms with Crippen molar-refractivity contribution in [2.45, 2.75) is 18.7 Å². The number of hydrogen-bond donors (Lipinski definition) is 2. The molecular formula is C15H17N3O3S. The number of rotatable bonds is 4. The number of nitrogens with zero attached hydrogens (tertiary/aromatic N) is 1. The lowest BCUT2D eigenvalue weighted by molar-refractivity contribution is 0.102. The smallest absolute Gasteiger partial charge is 0.255 e. The topological polar surface area (TPSA) is 88.2 Å². The molecule has 1 aromatic carbocycles. The van der Waals surface area contributed by atoms with Crippen LogP contribution in [-0.2, 0) is 10.0 Å². The summed E-state index contributed by atoms with van der Waals surface area (Å²) in [4.78, 5) is 16.3. The maximum absolute atomic E-state index is 12.3. The van der Waals surface area contributed by atoms with Gasteiger partial charge in [0.1, 0.15) is 0 Å². The number of amides is 1. The molecule has 22 heavy (non-hydrogen) atoms. The molecule has 0 saturated carbocycles. The zero-order chi connectivity index (χ0) is 16.3. The van der Waals surface area contributed by atoms with Gasteiger partial charge in [0.25, 0.3) is 5.91 Å². The van der Waals surface area contributed by atoms with Gasteiger partial charge in [-0.1, -0.05) is 0 Å². The predicted octanol–water partition coefficient (Wildman–Crippen LogP) is 1.86. The Morgan fingerprint density at radius 3 is 2.55 bits per heavy atom. The summed E-state index contributed by atoms with van der Waals surface area (Å²) in [7, 11) is -2.28. The Labute approximate surface area is 129 Å². The summed E-state index contributed by atoms with van der Waals surface area (Å²) in [5.74, 6) is -0.386. The summed E-state index contributed by atoms with van der Waals surface area (Å²) in [5, 5.41) is 2.68. The third-order valence-electron chi connectivity index (χ3n) is 3.36. The summed E-state index contributed by atoms with van der Waals surface area (Å²) >= 11 is 0. The van der Waals surface area contributed by atoms with Gasteiger partial charge in [-0.2, -0.15) is 0 Å². The molecular weight excluding hydrogens is 302 g/mol. The third-order valence-corrected chi connectivity index (χ3v) is 4.90. The van der Waals surface area contributed by atoms with Gasteiger partial charge in [-0.15, -0.1) is 0 Å². The van der Waals surface area contributed by atoms with Crippen LogP contribution in [0.15, 0.2) is 41.6 Å². The van der Waals surface area contributed by atoms with E-state index in [0.717, 1.165) is 5.56 Å². The number of hydrogen-bond acceptors (Lipinski definition) is 4. The molecule has 116 valence electrons. The minimum absolute atomic E-state index is 0.103. The van der Waals surface area contributed by atoms with E-state index in [-0.39, 0.29) is 16.4 Å². The van der Waals surface area contributed by atoms with Gasteiger partial charge in [0.15, 0.2) is 0 Å². The molecule has 0 unspecified atom stereocenters. The fraction of sp³-hybridized carbons (Fsp3) is 0.200. The average molecular weight is 319 g/mol.